The molecule has 1 heterocycles. The molecule has 0 aliphatic rings. The summed E-state index contributed by atoms with van der Waals surface area (Å²) in [6.45, 7) is 7.61. The Labute approximate surface area is 151 Å². The number of ether oxygens (including phenoxy) is 2. The maximum atomic E-state index is 12.3. The third-order valence-electron chi connectivity index (χ3n) is 3.36. The third-order valence-corrected chi connectivity index (χ3v) is 4.33. The minimum atomic E-state index is -0.438. The highest BCUT2D eigenvalue weighted by Crippen LogP contribution is 2.29. The molecule has 0 atom stereocenters. The normalized spacial score (nSPS) is 10.5. The van der Waals surface area contributed by atoms with Crippen molar-refractivity contribution in [3.05, 3.63) is 45.1 Å². The maximum Gasteiger partial charge on any atom is 0.270 e. The van der Waals surface area contributed by atoms with Gasteiger partial charge in [-0.15, -0.1) is 11.3 Å². The Kier molecular flexibility index (Phi) is 6.03. The number of hydrogen-bond acceptors (Lipinski definition) is 5. The average molecular weight is 362 g/mol. The first-order valence-electron chi connectivity index (χ1n) is 7.84. The highest BCUT2D eigenvalue weighted by molar-refractivity contribution is 7.12. The van der Waals surface area contributed by atoms with Crippen LogP contribution >= 0.6 is 11.3 Å². The second-order valence-corrected chi connectivity index (χ2v) is 7.23. The zero-order valence-electron chi connectivity index (χ0n) is 14.9. The van der Waals surface area contributed by atoms with Gasteiger partial charge in [0.25, 0.3) is 11.8 Å². The van der Waals surface area contributed by atoms with Crippen LogP contribution in [0, 0.1) is 13.8 Å². The van der Waals surface area contributed by atoms with Gasteiger partial charge in [0.05, 0.1) is 18.8 Å². The van der Waals surface area contributed by atoms with E-state index in [4.69, 9.17) is 9.47 Å². The standard InChI is InChI=1S/C18H22N2O4S/c1-10(2)24-15-7-6-13(9-16(15)23-5)17(21)19-20-18(22)14-8-11(3)25-12(14)4/h6-10H,1-5H3,(H,19,21)(H,20,22). The molecular formula is C18H22N2O4S. The van der Waals surface area contributed by atoms with Crippen molar-refractivity contribution < 1.29 is 19.1 Å². The van der Waals surface area contributed by atoms with E-state index in [1.165, 1.54) is 18.4 Å². The van der Waals surface area contributed by atoms with E-state index in [1.807, 2.05) is 27.7 Å². The number of thiophene rings is 1. The molecule has 0 unspecified atom stereocenters. The molecule has 2 rings (SSSR count). The van der Waals surface area contributed by atoms with E-state index in [9.17, 15) is 9.59 Å². The Bertz CT molecular complexity index is 783. The van der Waals surface area contributed by atoms with Crippen LogP contribution in [0.1, 0.15) is 44.3 Å². The van der Waals surface area contributed by atoms with Crippen LogP contribution in [0.25, 0.3) is 0 Å². The summed E-state index contributed by atoms with van der Waals surface area (Å²) in [7, 11) is 1.51. The fourth-order valence-corrected chi connectivity index (χ4v) is 3.19. The van der Waals surface area contributed by atoms with Crippen molar-refractivity contribution in [2.45, 2.75) is 33.8 Å². The molecule has 2 amide bonds. The average Bonchev–Trinajstić information content (AvgIpc) is 2.90. The van der Waals surface area contributed by atoms with Crippen LogP contribution in [0.2, 0.25) is 0 Å². The van der Waals surface area contributed by atoms with Gasteiger partial charge in [0.2, 0.25) is 0 Å². The van der Waals surface area contributed by atoms with Crippen LogP contribution in [0.4, 0.5) is 0 Å². The number of hydrogen-bond donors (Lipinski definition) is 2. The summed E-state index contributed by atoms with van der Waals surface area (Å²) in [5.41, 5.74) is 5.76. The second-order valence-electron chi connectivity index (χ2n) is 5.77. The largest absolute Gasteiger partial charge is 0.493 e. The lowest BCUT2D eigenvalue weighted by atomic mass is 10.2. The van der Waals surface area contributed by atoms with Gasteiger partial charge in [-0.3, -0.25) is 20.4 Å². The molecular weight excluding hydrogens is 340 g/mol. The van der Waals surface area contributed by atoms with E-state index >= 15 is 0 Å². The molecule has 1 aromatic heterocycles. The van der Waals surface area contributed by atoms with Gasteiger partial charge in [0.15, 0.2) is 11.5 Å². The van der Waals surface area contributed by atoms with Gasteiger partial charge in [0, 0.05) is 15.3 Å². The van der Waals surface area contributed by atoms with Gasteiger partial charge >= 0.3 is 0 Å². The number of rotatable bonds is 5. The first-order valence-corrected chi connectivity index (χ1v) is 8.66. The maximum absolute atomic E-state index is 12.3. The lowest BCUT2D eigenvalue weighted by molar-refractivity contribution is 0.0846. The smallest absolute Gasteiger partial charge is 0.270 e. The molecule has 1 aromatic carbocycles. The summed E-state index contributed by atoms with van der Waals surface area (Å²) >= 11 is 1.54. The van der Waals surface area contributed by atoms with Crippen LogP contribution in [-0.2, 0) is 0 Å². The monoisotopic (exact) mass is 362 g/mol. The van der Waals surface area contributed by atoms with E-state index < -0.39 is 5.91 Å². The van der Waals surface area contributed by atoms with Gasteiger partial charge < -0.3 is 9.47 Å². The number of aryl methyl sites for hydroxylation is 2. The molecule has 0 saturated heterocycles. The number of carbonyl (C=O) groups excluding carboxylic acids is 2. The molecule has 25 heavy (non-hydrogen) atoms. The molecule has 6 nitrogen and oxygen atoms in total. The number of benzene rings is 1. The Morgan fingerprint density at radius 1 is 1.04 bits per heavy atom. The minimum absolute atomic E-state index is 0.00910. The van der Waals surface area contributed by atoms with Crippen LogP contribution in [0.3, 0.4) is 0 Å². The molecule has 2 aromatic rings. The molecule has 0 bridgehead atoms. The summed E-state index contributed by atoms with van der Waals surface area (Å²) in [5.74, 6) is 0.230. The molecule has 0 aliphatic heterocycles. The fourth-order valence-electron chi connectivity index (χ4n) is 2.27. The molecule has 0 radical (unpaired) electrons. The van der Waals surface area contributed by atoms with Gasteiger partial charge in [0.1, 0.15) is 0 Å². The highest BCUT2D eigenvalue weighted by Gasteiger charge is 2.15. The molecule has 2 N–H and O–H groups in total. The molecule has 0 saturated carbocycles. The van der Waals surface area contributed by atoms with Gasteiger partial charge in [-0.05, 0) is 52.0 Å². The predicted molar refractivity (Wildman–Crippen MR) is 97.5 cm³/mol. The summed E-state index contributed by atoms with van der Waals surface area (Å²) in [5, 5.41) is 0. The number of methoxy groups -OCH3 is 1. The SMILES string of the molecule is COc1cc(C(=O)NNC(=O)c2cc(C)sc2C)ccc1OC(C)C. The first kappa shape index (κ1) is 18.8. The quantitative estimate of drug-likeness (QED) is 0.801. The van der Waals surface area contributed by atoms with E-state index in [0.717, 1.165) is 9.75 Å². The Balaban J connectivity index is 2.05. The zero-order chi connectivity index (χ0) is 18.6. The summed E-state index contributed by atoms with van der Waals surface area (Å²) in [4.78, 5) is 26.3. The van der Waals surface area contributed by atoms with Crippen LogP contribution in [0.15, 0.2) is 24.3 Å². The minimum Gasteiger partial charge on any atom is -0.493 e. The van der Waals surface area contributed by atoms with Crippen molar-refractivity contribution in [1.29, 1.82) is 0 Å². The molecule has 134 valence electrons. The highest BCUT2D eigenvalue weighted by atomic mass is 32.1. The molecule has 0 aliphatic carbocycles. The van der Waals surface area contributed by atoms with Crippen molar-refractivity contribution in [1.82, 2.24) is 10.9 Å². The van der Waals surface area contributed by atoms with Gasteiger partial charge in [-0.2, -0.15) is 0 Å². The first-order chi connectivity index (χ1) is 11.8. The van der Waals surface area contributed by atoms with Crippen LogP contribution < -0.4 is 20.3 Å². The van der Waals surface area contributed by atoms with Crippen molar-refractivity contribution >= 4 is 23.2 Å². The molecule has 7 heteroatoms. The van der Waals surface area contributed by atoms with E-state index in [2.05, 4.69) is 10.9 Å². The summed E-state index contributed by atoms with van der Waals surface area (Å²) in [6, 6.07) is 6.64. The predicted octanol–water partition coefficient (Wildman–Crippen LogP) is 3.24. The second kappa shape index (κ2) is 8.02. The van der Waals surface area contributed by atoms with Crippen LogP contribution in [0.5, 0.6) is 11.5 Å². The lowest BCUT2D eigenvalue weighted by Crippen LogP contribution is -2.41. The topological polar surface area (TPSA) is 76.7 Å². The van der Waals surface area contributed by atoms with E-state index in [0.29, 0.717) is 22.6 Å². The lowest BCUT2D eigenvalue weighted by Gasteiger charge is -2.14. The van der Waals surface area contributed by atoms with Crippen molar-refractivity contribution in [3.8, 4) is 11.5 Å². The molecule has 0 fully saturated rings. The summed E-state index contributed by atoms with van der Waals surface area (Å²) < 4.78 is 10.9. The number of amides is 2. The Morgan fingerprint density at radius 2 is 1.72 bits per heavy atom. The number of hydrazine groups is 1. The number of carbonyl (C=O) groups is 2. The summed E-state index contributed by atoms with van der Waals surface area (Å²) in [6.07, 6.45) is -0.00910. The van der Waals surface area contributed by atoms with E-state index in [1.54, 1.807) is 24.3 Å². The van der Waals surface area contributed by atoms with E-state index in [-0.39, 0.29) is 12.0 Å². The van der Waals surface area contributed by atoms with Crippen molar-refractivity contribution in [2.75, 3.05) is 7.11 Å². The Morgan fingerprint density at radius 3 is 2.28 bits per heavy atom. The van der Waals surface area contributed by atoms with Crippen molar-refractivity contribution in [3.63, 3.8) is 0 Å². The fraction of sp³-hybridized carbons (Fsp3) is 0.333. The third kappa shape index (κ3) is 4.73. The number of nitrogens with one attached hydrogen (secondary N) is 2. The Hall–Kier alpha value is -2.54. The van der Waals surface area contributed by atoms with Gasteiger partial charge in [-0.1, -0.05) is 0 Å². The zero-order valence-corrected chi connectivity index (χ0v) is 15.7. The molecule has 0 spiro atoms. The van der Waals surface area contributed by atoms with Crippen molar-refractivity contribution in [2.24, 2.45) is 0 Å². The van der Waals surface area contributed by atoms with Crippen LogP contribution in [-0.4, -0.2) is 25.0 Å². The van der Waals surface area contributed by atoms with Gasteiger partial charge in [-0.25, -0.2) is 0 Å².